The van der Waals surface area contributed by atoms with E-state index in [0.717, 1.165) is 21.0 Å². The smallest absolute Gasteiger partial charge is 0.264 e. The van der Waals surface area contributed by atoms with Crippen molar-refractivity contribution in [3.05, 3.63) is 125 Å². The van der Waals surface area contributed by atoms with Crippen molar-refractivity contribution in [2.45, 2.75) is 57.1 Å². The summed E-state index contributed by atoms with van der Waals surface area (Å²) >= 11 is 6.30. The molecular formula is C36H40ClN3O5S. The monoisotopic (exact) mass is 661 g/mol. The topological polar surface area (TPSA) is 96.0 Å². The van der Waals surface area contributed by atoms with Crippen LogP contribution in [0.5, 0.6) is 5.75 Å². The number of halogens is 1. The summed E-state index contributed by atoms with van der Waals surface area (Å²) in [6.07, 6.45) is 0.922. The second kappa shape index (κ2) is 15.8. The number of ether oxygens (including phenoxy) is 1. The molecule has 0 bridgehead atoms. The van der Waals surface area contributed by atoms with E-state index < -0.39 is 28.5 Å². The number of rotatable bonds is 14. The molecule has 2 unspecified atom stereocenters. The highest BCUT2D eigenvalue weighted by Crippen LogP contribution is 2.28. The Morgan fingerprint density at radius 3 is 2.22 bits per heavy atom. The van der Waals surface area contributed by atoms with Crippen molar-refractivity contribution < 1.29 is 22.7 Å². The third-order valence-electron chi connectivity index (χ3n) is 7.74. The van der Waals surface area contributed by atoms with E-state index in [2.05, 4.69) is 5.32 Å². The van der Waals surface area contributed by atoms with E-state index in [1.54, 1.807) is 49.6 Å². The van der Waals surface area contributed by atoms with Crippen LogP contribution in [0.4, 0.5) is 5.69 Å². The number of hydrogen-bond acceptors (Lipinski definition) is 5. The largest absolute Gasteiger partial charge is 0.497 e. The van der Waals surface area contributed by atoms with Crippen LogP contribution in [0.2, 0.25) is 5.02 Å². The summed E-state index contributed by atoms with van der Waals surface area (Å²) in [7, 11) is -2.67. The Morgan fingerprint density at radius 1 is 0.891 bits per heavy atom. The molecule has 1 N–H and O–H groups in total. The highest BCUT2D eigenvalue weighted by molar-refractivity contribution is 7.92. The first-order valence-corrected chi connectivity index (χ1v) is 16.9. The van der Waals surface area contributed by atoms with E-state index in [0.29, 0.717) is 17.2 Å². The third kappa shape index (κ3) is 8.89. The molecule has 0 aliphatic rings. The maximum atomic E-state index is 14.6. The molecule has 2 atom stereocenters. The molecule has 2 amide bonds. The van der Waals surface area contributed by atoms with Crippen LogP contribution in [0.25, 0.3) is 0 Å². The first kappa shape index (κ1) is 34.5. The lowest BCUT2D eigenvalue weighted by atomic mass is 10.0. The van der Waals surface area contributed by atoms with Crippen molar-refractivity contribution in [3.63, 3.8) is 0 Å². The Labute approximate surface area is 277 Å². The fourth-order valence-electron chi connectivity index (χ4n) is 4.96. The minimum atomic E-state index is -4.22. The predicted octanol–water partition coefficient (Wildman–Crippen LogP) is 6.41. The molecule has 0 aliphatic carbocycles. The van der Waals surface area contributed by atoms with Crippen molar-refractivity contribution in [1.82, 2.24) is 10.2 Å². The highest BCUT2D eigenvalue weighted by Gasteiger charge is 2.35. The molecule has 10 heteroatoms. The Morgan fingerprint density at radius 2 is 1.57 bits per heavy atom. The van der Waals surface area contributed by atoms with Crippen molar-refractivity contribution in [3.8, 4) is 5.75 Å². The molecule has 4 aromatic carbocycles. The molecular weight excluding hydrogens is 622 g/mol. The maximum absolute atomic E-state index is 14.6. The standard InChI is InChI=1S/C36H40ClN3O5S/c1-5-27(3)38-36(42)34(22-28-11-7-6-8-12-28)39(24-29-13-9-16-32(21-29)45-4)35(41)25-40(31-15-10-14-30(37)23-31)46(43,44)33-19-17-26(2)18-20-33/h6-21,23,27,34H,5,22,24-25H2,1-4H3,(H,38,42). The molecule has 8 nitrogen and oxygen atoms in total. The summed E-state index contributed by atoms with van der Waals surface area (Å²) in [6, 6.07) is 28.4. The summed E-state index contributed by atoms with van der Waals surface area (Å²) in [6.45, 7) is 5.20. The van der Waals surface area contributed by atoms with E-state index >= 15 is 0 Å². The number of benzene rings is 4. The minimum absolute atomic E-state index is 0.0283. The van der Waals surface area contributed by atoms with E-state index in [9.17, 15) is 18.0 Å². The van der Waals surface area contributed by atoms with Gasteiger partial charge in [-0.2, -0.15) is 0 Å². The number of amides is 2. The summed E-state index contributed by atoms with van der Waals surface area (Å²) in [4.78, 5) is 30.0. The highest BCUT2D eigenvalue weighted by atomic mass is 35.5. The first-order chi connectivity index (χ1) is 22.0. The molecule has 0 radical (unpaired) electrons. The van der Waals surface area contributed by atoms with Gasteiger partial charge in [0.1, 0.15) is 18.3 Å². The molecule has 0 saturated heterocycles. The lowest BCUT2D eigenvalue weighted by Gasteiger charge is -2.34. The van der Waals surface area contributed by atoms with Gasteiger partial charge in [0.2, 0.25) is 11.8 Å². The van der Waals surface area contributed by atoms with Gasteiger partial charge in [0.25, 0.3) is 10.0 Å². The Hall–Kier alpha value is -4.34. The van der Waals surface area contributed by atoms with Crippen molar-refractivity contribution in [2.24, 2.45) is 0 Å². The SMILES string of the molecule is CCC(C)NC(=O)C(Cc1ccccc1)N(Cc1cccc(OC)c1)C(=O)CN(c1cccc(Cl)c1)S(=O)(=O)c1ccc(C)cc1. The van der Waals surface area contributed by atoms with E-state index in [1.165, 1.54) is 23.1 Å². The molecule has 0 saturated carbocycles. The number of carbonyl (C=O) groups excluding carboxylic acids is 2. The number of hydrogen-bond donors (Lipinski definition) is 1. The number of nitrogens with one attached hydrogen (secondary N) is 1. The quantitative estimate of drug-likeness (QED) is 0.169. The molecule has 0 spiro atoms. The fraction of sp³-hybridized carbons (Fsp3) is 0.278. The second-order valence-corrected chi connectivity index (χ2v) is 13.5. The molecule has 0 fully saturated rings. The molecule has 4 rings (SSSR count). The Balaban J connectivity index is 1.82. The van der Waals surface area contributed by atoms with Gasteiger partial charge in [0, 0.05) is 24.0 Å². The summed E-state index contributed by atoms with van der Waals surface area (Å²) in [5.41, 5.74) is 2.70. The van der Waals surface area contributed by atoms with Gasteiger partial charge in [-0.3, -0.25) is 13.9 Å². The number of anilines is 1. The van der Waals surface area contributed by atoms with Crippen LogP contribution in [-0.2, 0) is 32.6 Å². The maximum Gasteiger partial charge on any atom is 0.264 e. The van der Waals surface area contributed by atoms with Crippen LogP contribution in [0.15, 0.2) is 108 Å². The Kier molecular flexibility index (Phi) is 11.8. The van der Waals surface area contributed by atoms with Crippen molar-refractivity contribution in [2.75, 3.05) is 18.0 Å². The van der Waals surface area contributed by atoms with Crippen LogP contribution in [-0.4, -0.2) is 50.9 Å². The van der Waals surface area contributed by atoms with Crippen LogP contribution >= 0.6 is 11.6 Å². The molecule has 242 valence electrons. The van der Waals surface area contributed by atoms with E-state index in [-0.39, 0.29) is 35.5 Å². The predicted molar refractivity (Wildman–Crippen MR) is 183 cm³/mol. The zero-order valence-electron chi connectivity index (χ0n) is 26.5. The normalized spacial score (nSPS) is 12.5. The molecule has 0 aliphatic heterocycles. The zero-order chi connectivity index (χ0) is 33.3. The van der Waals surface area contributed by atoms with Crippen LogP contribution < -0.4 is 14.4 Å². The molecule has 0 heterocycles. The van der Waals surface area contributed by atoms with Gasteiger partial charge in [-0.15, -0.1) is 0 Å². The fourth-order valence-corrected chi connectivity index (χ4v) is 6.55. The number of nitrogens with zero attached hydrogens (tertiary/aromatic N) is 2. The number of methoxy groups -OCH3 is 1. The van der Waals surface area contributed by atoms with Gasteiger partial charge in [-0.1, -0.05) is 84.8 Å². The average Bonchev–Trinajstić information content (AvgIpc) is 3.05. The van der Waals surface area contributed by atoms with Gasteiger partial charge in [0.15, 0.2) is 0 Å². The van der Waals surface area contributed by atoms with Crippen LogP contribution in [0.1, 0.15) is 37.0 Å². The number of aryl methyl sites for hydroxylation is 1. The average molecular weight is 662 g/mol. The van der Waals surface area contributed by atoms with Gasteiger partial charge in [0.05, 0.1) is 17.7 Å². The first-order valence-electron chi connectivity index (χ1n) is 15.1. The molecule has 4 aromatic rings. The lowest BCUT2D eigenvalue weighted by molar-refractivity contribution is -0.140. The Bertz CT molecular complexity index is 1730. The van der Waals surface area contributed by atoms with E-state index in [1.807, 2.05) is 63.2 Å². The van der Waals surface area contributed by atoms with Gasteiger partial charge >= 0.3 is 0 Å². The van der Waals surface area contributed by atoms with E-state index in [4.69, 9.17) is 16.3 Å². The van der Waals surface area contributed by atoms with Gasteiger partial charge in [-0.25, -0.2) is 8.42 Å². The number of carbonyl (C=O) groups is 2. The molecule has 46 heavy (non-hydrogen) atoms. The summed E-state index contributed by atoms with van der Waals surface area (Å²) in [5.74, 6) is -0.292. The summed E-state index contributed by atoms with van der Waals surface area (Å²) < 4.78 is 34.8. The lowest BCUT2D eigenvalue weighted by Crippen LogP contribution is -2.54. The molecule has 0 aromatic heterocycles. The summed E-state index contributed by atoms with van der Waals surface area (Å²) in [5, 5.41) is 3.36. The van der Waals surface area contributed by atoms with Crippen molar-refractivity contribution >= 4 is 39.1 Å². The van der Waals surface area contributed by atoms with Gasteiger partial charge in [-0.05, 0) is 73.9 Å². The van der Waals surface area contributed by atoms with Crippen molar-refractivity contribution in [1.29, 1.82) is 0 Å². The zero-order valence-corrected chi connectivity index (χ0v) is 28.1. The second-order valence-electron chi connectivity index (χ2n) is 11.2. The van der Waals surface area contributed by atoms with Crippen LogP contribution in [0.3, 0.4) is 0 Å². The third-order valence-corrected chi connectivity index (χ3v) is 9.77. The minimum Gasteiger partial charge on any atom is -0.497 e. The number of sulfonamides is 1. The van der Waals surface area contributed by atoms with Crippen LogP contribution in [0, 0.1) is 6.92 Å². The van der Waals surface area contributed by atoms with Gasteiger partial charge < -0.3 is 15.0 Å².